The maximum atomic E-state index is 5.97. The van der Waals surface area contributed by atoms with Crippen molar-refractivity contribution in [3.05, 3.63) is 40.0 Å². The van der Waals surface area contributed by atoms with E-state index in [4.69, 9.17) is 10.7 Å². The molecule has 2 N–H and O–H groups in total. The Balaban J connectivity index is 1.69. The molecule has 108 valence electrons. The highest BCUT2D eigenvalue weighted by atomic mass is 79.9. The fourth-order valence-corrected chi connectivity index (χ4v) is 3.57. The fraction of sp³-hybridized carbons (Fsp3) is 0.375. The second-order valence-corrected chi connectivity index (χ2v) is 6.76. The summed E-state index contributed by atoms with van der Waals surface area (Å²) in [5.74, 6) is 0.844. The molecule has 4 nitrogen and oxygen atoms in total. The number of fused-ring (bicyclic) bond motifs is 3. The van der Waals surface area contributed by atoms with E-state index >= 15 is 0 Å². The third-order valence-corrected chi connectivity index (χ3v) is 4.87. The Morgan fingerprint density at radius 2 is 2.00 bits per heavy atom. The molecule has 1 aromatic heterocycles. The first-order chi connectivity index (χ1) is 10.2. The molecule has 2 aromatic rings. The van der Waals surface area contributed by atoms with Crippen LogP contribution in [0.5, 0.6) is 0 Å². The van der Waals surface area contributed by atoms with Gasteiger partial charge in [-0.3, -0.25) is 0 Å². The van der Waals surface area contributed by atoms with Crippen LogP contribution in [0.1, 0.15) is 24.0 Å². The van der Waals surface area contributed by atoms with Crippen LogP contribution in [0.25, 0.3) is 11.3 Å². The molecule has 21 heavy (non-hydrogen) atoms. The largest absolute Gasteiger partial charge is 0.341 e. The number of hydrogen-bond acceptors (Lipinski definition) is 4. The highest BCUT2D eigenvalue weighted by Gasteiger charge is 2.24. The summed E-state index contributed by atoms with van der Waals surface area (Å²) >= 11 is 3.54. The molecule has 1 fully saturated rings. The average molecular weight is 345 g/mol. The van der Waals surface area contributed by atoms with Gasteiger partial charge in [0.25, 0.3) is 0 Å². The lowest BCUT2D eigenvalue weighted by atomic mass is 10.1. The van der Waals surface area contributed by atoms with Crippen molar-refractivity contribution in [1.82, 2.24) is 9.97 Å². The van der Waals surface area contributed by atoms with Gasteiger partial charge in [0.2, 0.25) is 5.95 Å². The predicted molar refractivity (Wildman–Crippen MR) is 87.4 cm³/mol. The lowest BCUT2D eigenvalue weighted by Gasteiger charge is -2.30. The van der Waals surface area contributed by atoms with Gasteiger partial charge in [0.15, 0.2) is 0 Å². The summed E-state index contributed by atoms with van der Waals surface area (Å²) in [7, 11) is 0. The number of benzene rings is 1. The first-order valence-corrected chi connectivity index (χ1v) is 8.15. The highest BCUT2D eigenvalue weighted by molar-refractivity contribution is 9.10. The van der Waals surface area contributed by atoms with E-state index in [0.29, 0.717) is 6.04 Å². The van der Waals surface area contributed by atoms with Gasteiger partial charge in [-0.15, -0.1) is 0 Å². The minimum absolute atomic E-state index is 0.328. The molecule has 0 saturated carbocycles. The number of halogens is 1. The van der Waals surface area contributed by atoms with Crippen LogP contribution in [0.2, 0.25) is 0 Å². The van der Waals surface area contributed by atoms with Crippen LogP contribution < -0.4 is 10.6 Å². The molecular weight excluding hydrogens is 328 g/mol. The Labute approximate surface area is 132 Å². The van der Waals surface area contributed by atoms with Crippen LogP contribution in [0.4, 0.5) is 5.95 Å². The van der Waals surface area contributed by atoms with Gasteiger partial charge in [0.05, 0.1) is 5.69 Å². The monoisotopic (exact) mass is 344 g/mol. The molecular formula is C16H17BrN4. The molecule has 5 heteroatoms. The normalized spacial score (nSPS) is 17.7. The second kappa shape index (κ2) is 5.07. The SMILES string of the molecule is NC1CCN(c2ncc3c(n2)-c2ccc(Br)cc2C3)CC1. The summed E-state index contributed by atoms with van der Waals surface area (Å²) in [6, 6.07) is 6.73. The van der Waals surface area contributed by atoms with E-state index in [9.17, 15) is 0 Å². The lowest BCUT2D eigenvalue weighted by Crippen LogP contribution is -2.40. The zero-order valence-electron chi connectivity index (χ0n) is 11.7. The van der Waals surface area contributed by atoms with Crippen LogP contribution in [0.15, 0.2) is 28.9 Å². The van der Waals surface area contributed by atoms with Gasteiger partial charge in [0.1, 0.15) is 0 Å². The van der Waals surface area contributed by atoms with Gasteiger partial charge in [-0.2, -0.15) is 0 Å². The van der Waals surface area contributed by atoms with Crippen molar-refractivity contribution in [2.24, 2.45) is 5.73 Å². The molecule has 0 spiro atoms. The van der Waals surface area contributed by atoms with Crippen molar-refractivity contribution in [2.45, 2.75) is 25.3 Å². The molecule has 0 bridgehead atoms. The van der Waals surface area contributed by atoms with Crippen molar-refractivity contribution in [3.8, 4) is 11.3 Å². The van der Waals surface area contributed by atoms with Gasteiger partial charge in [-0.1, -0.05) is 22.0 Å². The molecule has 1 saturated heterocycles. The number of hydrogen-bond donors (Lipinski definition) is 1. The van der Waals surface area contributed by atoms with Gasteiger partial charge in [-0.05, 0) is 30.5 Å². The molecule has 0 atom stereocenters. The minimum atomic E-state index is 0.328. The zero-order chi connectivity index (χ0) is 14.4. The quantitative estimate of drug-likeness (QED) is 0.737. The summed E-state index contributed by atoms with van der Waals surface area (Å²) in [4.78, 5) is 11.6. The summed E-state index contributed by atoms with van der Waals surface area (Å²) < 4.78 is 1.12. The third-order valence-electron chi connectivity index (χ3n) is 4.38. The molecule has 4 rings (SSSR count). The molecule has 0 unspecified atom stereocenters. The van der Waals surface area contributed by atoms with Crippen molar-refractivity contribution in [2.75, 3.05) is 18.0 Å². The van der Waals surface area contributed by atoms with Gasteiger partial charge >= 0.3 is 0 Å². The van der Waals surface area contributed by atoms with Crippen LogP contribution in [0, 0.1) is 0 Å². The number of aromatic nitrogens is 2. The third kappa shape index (κ3) is 2.34. The summed E-state index contributed by atoms with van der Waals surface area (Å²) in [6.07, 6.45) is 4.95. The maximum absolute atomic E-state index is 5.97. The Morgan fingerprint density at radius 1 is 1.19 bits per heavy atom. The van der Waals surface area contributed by atoms with Crippen LogP contribution in [0.3, 0.4) is 0 Å². The number of anilines is 1. The van der Waals surface area contributed by atoms with E-state index in [2.05, 4.69) is 44.0 Å². The standard InChI is InChI=1S/C16H17BrN4/c17-12-1-2-14-10(8-12)7-11-9-19-16(20-15(11)14)21-5-3-13(18)4-6-21/h1-2,8-9,13H,3-7,18H2. The number of piperidine rings is 1. The number of nitrogens with two attached hydrogens (primary N) is 1. The first-order valence-electron chi connectivity index (χ1n) is 7.36. The van der Waals surface area contributed by atoms with Crippen molar-refractivity contribution in [3.63, 3.8) is 0 Å². The van der Waals surface area contributed by atoms with Crippen molar-refractivity contribution >= 4 is 21.9 Å². The van der Waals surface area contributed by atoms with Crippen LogP contribution in [-0.2, 0) is 6.42 Å². The molecule has 1 aromatic carbocycles. The number of nitrogens with zero attached hydrogens (tertiary/aromatic N) is 3. The second-order valence-electron chi connectivity index (χ2n) is 5.85. The summed E-state index contributed by atoms with van der Waals surface area (Å²) in [6.45, 7) is 1.90. The zero-order valence-corrected chi connectivity index (χ0v) is 13.3. The Kier molecular flexibility index (Phi) is 3.19. The fourth-order valence-electron chi connectivity index (χ4n) is 3.16. The summed E-state index contributed by atoms with van der Waals surface area (Å²) in [5.41, 5.74) is 10.9. The highest BCUT2D eigenvalue weighted by Crippen LogP contribution is 2.37. The molecule has 1 aliphatic carbocycles. The van der Waals surface area contributed by atoms with Crippen LogP contribution >= 0.6 is 15.9 Å². The summed E-state index contributed by atoms with van der Waals surface area (Å²) in [5, 5.41) is 0. The molecule has 0 amide bonds. The van der Waals surface area contributed by atoms with Crippen molar-refractivity contribution < 1.29 is 0 Å². The molecule has 2 heterocycles. The van der Waals surface area contributed by atoms with Gasteiger partial charge < -0.3 is 10.6 Å². The van der Waals surface area contributed by atoms with Crippen LogP contribution in [-0.4, -0.2) is 29.1 Å². The predicted octanol–water partition coefficient (Wildman–Crippen LogP) is 2.74. The Bertz CT molecular complexity index is 693. The van der Waals surface area contributed by atoms with E-state index in [-0.39, 0.29) is 0 Å². The number of rotatable bonds is 1. The van der Waals surface area contributed by atoms with E-state index in [1.54, 1.807) is 0 Å². The van der Waals surface area contributed by atoms with Gasteiger partial charge in [-0.25, -0.2) is 9.97 Å². The molecule has 2 aliphatic rings. The average Bonchev–Trinajstić information content (AvgIpc) is 2.84. The van der Waals surface area contributed by atoms with E-state index in [1.807, 2.05) is 6.20 Å². The van der Waals surface area contributed by atoms with Gasteiger partial charge in [0, 0.05) is 47.3 Å². The smallest absolute Gasteiger partial charge is 0.225 e. The van der Waals surface area contributed by atoms with E-state index in [1.165, 1.54) is 16.7 Å². The topological polar surface area (TPSA) is 55.0 Å². The maximum Gasteiger partial charge on any atom is 0.225 e. The van der Waals surface area contributed by atoms with E-state index in [0.717, 1.165) is 48.5 Å². The Hall–Kier alpha value is -1.46. The lowest BCUT2D eigenvalue weighted by molar-refractivity contribution is 0.495. The molecule has 1 aliphatic heterocycles. The first kappa shape index (κ1) is 13.2. The van der Waals surface area contributed by atoms with E-state index < -0.39 is 0 Å². The minimum Gasteiger partial charge on any atom is -0.341 e. The Morgan fingerprint density at radius 3 is 2.81 bits per heavy atom. The molecule has 0 radical (unpaired) electrons. The van der Waals surface area contributed by atoms with Crippen molar-refractivity contribution in [1.29, 1.82) is 0 Å².